The van der Waals surface area contributed by atoms with E-state index in [0.717, 1.165) is 22.3 Å². The van der Waals surface area contributed by atoms with E-state index >= 15 is 0 Å². The molecule has 1 saturated carbocycles. The van der Waals surface area contributed by atoms with Crippen LogP contribution in [0.4, 0.5) is 5.69 Å². The maximum atomic E-state index is 6.17. The smallest absolute Gasteiger partial charge is 0.138 e. The average molecular weight is 305 g/mol. The zero-order valence-corrected chi connectivity index (χ0v) is 13.1. The lowest BCUT2D eigenvalue weighted by Gasteiger charge is -2.20. The van der Waals surface area contributed by atoms with Crippen molar-refractivity contribution in [3.8, 4) is 5.69 Å². The Morgan fingerprint density at radius 2 is 2.14 bits per heavy atom. The highest BCUT2D eigenvalue weighted by Gasteiger charge is 2.17. The summed E-state index contributed by atoms with van der Waals surface area (Å²) in [6.07, 6.45) is 9.60. The van der Waals surface area contributed by atoms with E-state index in [1.54, 1.807) is 17.3 Å². The third-order valence-corrected chi connectivity index (χ3v) is 4.48. The van der Waals surface area contributed by atoms with Gasteiger partial charge in [-0.2, -0.15) is 5.10 Å². The highest BCUT2D eigenvalue weighted by molar-refractivity contribution is 6.31. The molecule has 21 heavy (non-hydrogen) atoms. The first-order valence-electron chi connectivity index (χ1n) is 7.63. The maximum Gasteiger partial charge on any atom is 0.138 e. The van der Waals surface area contributed by atoms with Crippen LogP contribution < -0.4 is 5.32 Å². The van der Waals surface area contributed by atoms with E-state index in [2.05, 4.69) is 22.3 Å². The molecule has 1 N–H and O–H groups in total. The molecular formula is C16H21ClN4. The van der Waals surface area contributed by atoms with Crippen LogP contribution in [0.1, 0.15) is 39.0 Å². The van der Waals surface area contributed by atoms with Crippen LogP contribution in [-0.4, -0.2) is 20.8 Å². The van der Waals surface area contributed by atoms with Gasteiger partial charge in [0.15, 0.2) is 0 Å². The van der Waals surface area contributed by atoms with Crippen molar-refractivity contribution in [2.24, 2.45) is 5.92 Å². The zero-order chi connectivity index (χ0) is 14.7. The van der Waals surface area contributed by atoms with E-state index in [1.165, 1.54) is 32.1 Å². The molecule has 0 bridgehead atoms. The normalized spacial score (nSPS) is 22.8. The predicted octanol–water partition coefficient (Wildman–Crippen LogP) is 4.30. The second kappa shape index (κ2) is 6.48. The quantitative estimate of drug-likeness (QED) is 0.860. The average Bonchev–Trinajstić information content (AvgIpc) is 2.91. The first-order valence-corrected chi connectivity index (χ1v) is 8.01. The first-order chi connectivity index (χ1) is 10.2. The second-order valence-corrected chi connectivity index (χ2v) is 6.39. The van der Waals surface area contributed by atoms with Crippen LogP contribution in [0.2, 0.25) is 5.02 Å². The summed E-state index contributed by atoms with van der Waals surface area (Å²) in [5.41, 5.74) is 2.03. The molecule has 1 aromatic heterocycles. The van der Waals surface area contributed by atoms with Crippen molar-refractivity contribution in [3.05, 3.63) is 35.9 Å². The predicted molar refractivity (Wildman–Crippen MR) is 86.0 cm³/mol. The van der Waals surface area contributed by atoms with Gasteiger partial charge in [-0.05, 0) is 43.4 Å². The van der Waals surface area contributed by atoms with Gasteiger partial charge in [0.2, 0.25) is 0 Å². The van der Waals surface area contributed by atoms with Crippen LogP contribution in [0, 0.1) is 5.92 Å². The Kier molecular flexibility index (Phi) is 4.44. The fraction of sp³-hybridized carbons (Fsp3) is 0.500. The molecule has 0 spiro atoms. The molecule has 112 valence electrons. The third-order valence-electron chi connectivity index (χ3n) is 4.24. The summed E-state index contributed by atoms with van der Waals surface area (Å²) in [5, 5.41) is 8.63. The molecular weight excluding hydrogens is 284 g/mol. The summed E-state index contributed by atoms with van der Waals surface area (Å²) >= 11 is 6.17. The second-order valence-electron chi connectivity index (χ2n) is 5.96. The third kappa shape index (κ3) is 3.56. The number of hydrogen-bond donors (Lipinski definition) is 1. The van der Waals surface area contributed by atoms with E-state index in [1.807, 2.05) is 18.2 Å². The number of aromatic nitrogens is 3. The van der Waals surface area contributed by atoms with Crippen molar-refractivity contribution in [2.75, 3.05) is 5.32 Å². The van der Waals surface area contributed by atoms with Gasteiger partial charge < -0.3 is 5.32 Å². The van der Waals surface area contributed by atoms with E-state index in [9.17, 15) is 0 Å². The molecule has 0 aliphatic heterocycles. The van der Waals surface area contributed by atoms with Crippen molar-refractivity contribution in [3.63, 3.8) is 0 Å². The lowest BCUT2D eigenvalue weighted by Crippen LogP contribution is -2.19. The van der Waals surface area contributed by atoms with E-state index < -0.39 is 0 Å². The Hall–Kier alpha value is -1.55. The first kappa shape index (κ1) is 14.4. The Morgan fingerprint density at radius 1 is 1.24 bits per heavy atom. The number of nitrogens with zero attached hydrogens (tertiary/aromatic N) is 3. The van der Waals surface area contributed by atoms with Gasteiger partial charge in [0.05, 0.1) is 11.4 Å². The van der Waals surface area contributed by atoms with Crippen molar-refractivity contribution < 1.29 is 0 Å². The summed E-state index contributed by atoms with van der Waals surface area (Å²) < 4.78 is 1.78. The Labute approximate surface area is 130 Å². The highest BCUT2D eigenvalue weighted by atomic mass is 35.5. The van der Waals surface area contributed by atoms with Gasteiger partial charge in [-0.1, -0.05) is 31.4 Å². The molecule has 1 heterocycles. The fourth-order valence-corrected chi connectivity index (χ4v) is 3.18. The number of nitrogens with one attached hydrogen (secondary N) is 1. The van der Waals surface area contributed by atoms with Gasteiger partial charge in [0.25, 0.3) is 0 Å². The minimum Gasteiger partial charge on any atom is -0.381 e. The Morgan fingerprint density at radius 3 is 2.95 bits per heavy atom. The van der Waals surface area contributed by atoms with E-state index in [4.69, 9.17) is 11.6 Å². The van der Waals surface area contributed by atoms with Crippen LogP contribution in [0.15, 0.2) is 30.9 Å². The van der Waals surface area contributed by atoms with Gasteiger partial charge >= 0.3 is 0 Å². The van der Waals surface area contributed by atoms with Gasteiger partial charge in [-0.3, -0.25) is 0 Å². The number of anilines is 1. The van der Waals surface area contributed by atoms with Gasteiger partial charge in [-0.25, -0.2) is 9.67 Å². The maximum absolute atomic E-state index is 6.17. The topological polar surface area (TPSA) is 42.7 Å². The minimum absolute atomic E-state index is 0.510. The highest BCUT2D eigenvalue weighted by Crippen LogP contribution is 2.29. The molecule has 0 amide bonds. The monoisotopic (exact) mass is 304 g/mol. The van der Waals surface area contributed by atoms with Gasteiger partial charge in [0.1, 0.15) is 12.7 Å². The molecule has 1 aliphatic carbocycles. The summed E-state index contributed by atoms with van der Waals surface area (Å²) in [7, 11) is 0. The SMILES string of the molecule is CC1CCCC(Nc2cc(Cl)ccc2-n2cncn2)CC1. The van der Waals surface area contributed by atoms with Crippen LogP contribution in [-0.2, 0) is 0 Å². The van der Waals surface area contributed by atoms with E-state index in [0.29, 0.717) is 6.04 Å². The molecule has 2 aromatic rings. The number of benzene rings is 1. The molecule has 0 saturated heterocycles. The lowest BCUT2D eigenvalue weighted by molar-refractivity contribution is 0.502. The molecule has 1 aromatic carbocycles. The lowest BCUT2D eigenvalue weighted by atomic mass is 10.0. The standard InChI is InChI=1S/C16H21ClN4/c1-12-3-2-4-14(7-5-12)20-15-9-13(17)6-8-16(15)21-11-18-10-19-21/h6,8-12,14,20H,2-5,7H2,1H3. The van der Waals surface area contributed by atoms with Crippen molar-refractivity contribution in [1.29, 1.82) is 0 Å². The van der Waals surface area contributed by atoms with Crippen molar-refractivity contribution in [1.82, 2.24) is 14.8 Å². The van der Waals surface area contributed by atoms with Crippen LogP contribution in [0.3, 0.4) is 0 Å². The van der Waals surface area contributed by atoms with Crippen molar-refractivity contribution in [2.45, 2.75) is 45.1 Å². The molecule has 2 unspecified atom stereocenters. The molecule has 3 rings (SSSR count). The van der Waals surface area contributed by atoms with Crippen LogP contribution >= 0.6 is 11.6 Å². The Bertz CT molecular complexity index is 582. The summed E-state index contributed by atoms with van der Waals surface area (Å²) in [6, 6.07) is 6.36. The minimum atomic E-state index is 0.510. The fourth-order valence-electron chi connectivity index (χ4n) is 3.01. The molecule has 2 atom stereocenters. The number of rotatable bonds is 3. The van der Waals surface area contributed by atoms with Crippen LogP contribution in [0.25, 0.3) is 5.69 Å². The molecule has 0 radical (unpaired) electrons. The zero-order valence-electron chi connectivity index (χ0n) is 12.3. The summed E-state index contributed by atoms with van der Waals surface area (Å²) in [4.78, 5) is 4.02. The molecule has 4 nitrogen and oxygen atoms in total. The van der Waals surface area contributed by atoms with Crippen molar-refractivity contribution >= 4 is 17.3 Å². The summed E-state index contributed by atoms with van der Waals surface area (Å²) in [6.45, 7) is 2.35. The van der Waals surface area contributed by atoms with E-state index in [-0.39, 0.29) is 0 Å². The molecule has 1 fully saturated rings. The number of hydrogen-bond acceptors (Lipinski definition) is 3. The van der Waals surface area contributed by atoms with Gasteiger partial charge in [-0.15, -0.1) is 0 Å². The van der Waals surface area contributed by atoms with Gasteiger partial charge in [0, 0.05) is 11.1 Å². The van der Waals surface area contributed by atoms with Crippen LogP contribution in [0.5, 0.6) is 0 Å². The summed E-state index contributed by atoms with van der Waals surface area (Å²) in [5.74, 6) is 0.839. The molecule has 5 heteroatoms. The number of halogens is 1. The molecule has 1 aliphatic rings. The Balaban J connectivity index is 1.82. The largest absolute Gasteiger partial charge is 0.381 e.